The molecule has 0 unspecified atom stereocenters. The molecule has 0 fully saturated rings. The van der Waals surface area contributed by atoms with Crippen molar-refractivity contribution in [1.82, 2.24) is 0 Å². The molecule has 184 valence electrons. The van der Waals surface area contributed by atoms with E-state index in [2.05, 4.69) is 0 Å². The molecule has 9 heteroatoms. The zero-order valence-corrected chi connectivity index (χ0v) is 22.4. The summed E-state index contributed by atoms with van der Waals surface area (Å²) in [5, 5.41) is 12.5. The molecule has 2 aromatic carbocycles. The highest BCUT2D eigenvalue weighted by Crippen LogP contribution is 2.74. The van der Waals surface area contributed by atoms with Crippen molar-refractivity contribution in [3.8, 4) is 5.75 Å². The fraction of sp³-hybridized carbons (Fsp3) is 0.500. The van der Waals surface area contributed by atoms with E-state index >= 15 is 0 Å². The van der Waals surface area contributed by atoms with Crippen molar-refractivity contribution < 1.29 is 32.3 Å². The number of aromatic hydroxyl groups is 1. The average molecular weight is 498 g/mol. The molecule has 0 radical (unpaired) electrons. The third-order valence-electron chi connectivity index (χ3n) is 4.84. The minimum atomic E-state index is -4.06. The number of rotatable bonds is 11. The van der Waals surface area contributed by atoms with Crippen LogP contribution in [0, 0.1) is 0 Å². The first-order chi connectivity index (χ1) is 15.5. The van der Waals surface area contributed by atoms with Gasteiger partial charge in [0.25, 0.3) is 0 Å². The summed E-state index contributed by atoms with van der Waals surface area (Å²) < 4.78 is 50.1. The molecule has 0 bridgehead atoms. The lowest BCUT2D eigenvalue weighted by Gasteiger charge is -2.28. The van der Waals surface area contributed by atoms with Crippen molar-refractivity contribution in [2.75, 3.05) is 26.4 Å². The maximum atomic E-state index is 13.9. The number of hydrogen-bond donors (Lipinski definition) is 1. The fourth-order valence-electron chi connectivity index (χ4n) is 3.72. The van der Waals surface area contributed by atoms with E-state index in [1.165, 1.54) is 6.08 Å². The first kappa shape index (κ1) is 27.8. The average Bonchev–Trinajstić information content (AvgIpc) is 2.71. The fourth-order valence-corrected chi connectivity index (χ4v) is 8.24. The van der Waals surface area contributed by atoms with Crippen molar-refractivity contribution >= 4 is 32.0 Å². The SMILES string of the molecule is CCOP(=O)(OCC)C(=Cc1cc2ccccc2c(O)c1C(C)(C)C)P(=O)(OCC)OCC. The highest BCUT2D eigenvalue weighted by Gasteiger charge is 2.45. The second kappa shape index (κ2) is 11.3. The maximum Gasteiger partial charge on any atom is 0.369 e. The standard InChI is InChI=1S/C24H36O7P2/c1-8-28-32(26,29-9-2)21(33(27,30-10-3)31-11-4)17-19-16-18-14-12-13-15-20(18)23(25)22(19)24(5,6)7/h12-17,25H,8-11H2,1-7H3. The Hall–Kier alpha value is -1.46. The summed E-state index contributed by atoms with van der Waals surface area (Å²) in [6, 6.07) is 9.29. The molecule has 0 atom stereocenters. The van der Waals surface area contributed by atoms with E-state index in [-0.39, 0.29) is 37.2 Å². The van der Waals surface area contributed by atoms with Crippen LogP contribution in [0.1, 0.15) is 59.6 Å². The molecule has 0 saturated heterocycles. The van der Waals surface area contributed by atoms with Gasteiger partial charge in [-0.25, -0.2) is 0 Å². The second-order valence-corrected chi connectivity index (χ2v) is 12.7. The normalized spacial score (nSPS) is 12.8. The van der Waals surface area contributed by atoms with Gasteiger partial charge in [-0.1, -0.05) is 45.0 Å². The molecule has 2 aromatic rings. The van der Waals surface area contributed by atoms with Crippen LogP contribution < -0.4 is 0 Å². The van der Waals surface area contributed by atoms with Gasteiger partial charge in [-0.15, -0.1) is 0 Å². The third kappa shape index (κ3) is 6.16. The summed E-state index contributed by atoms with van der Waals surface area (Å²) in [4.78, 5) is 0. The van der Waals surface area contributed by atoms with Crippen LogP contribution in [0.4, 0.5) is 0 Å². The zero-order valence-electron chi connectivity index (χ0n) is 20.6. The lowest BCUT2D eigenvalue weighted by Crippen LogP contribution is -2.14. The van der Waals surface area contributed by atoms with E-state index in [1.54, 1.807) is 27.7 Å². The highest BCUT2D eigenvalue weighted by atomic mass is 31.2. The minimum Gasteiger partial charge on any atom is -0.507 e. The Morgan fingerprint density at radius 1 is 0.879 bits per heavy atom. The molecule has 0 aliphatic rings. The zero-order chi connectivity index (χ0) is 24.9. The molecule has 0 aliphatic carbocycles. The van der Waals surface area contributed by atoms with Crippen LogP contribution in [0.3, 0.4) is 0 Å². The van der Waals surface area contributed by atoms with Gasteiger partial charge < -0.3 is 23.2 Å². The van der Waals surface area contributed by atoms with Gasteiger partial charge >= 0.3 is 15.2 Å². The molecule has 2 rings (SSSR count). The minimum absolute atomic E-state index is 0.0714. The van der Waals surface area contributed by atoms with E-state index in [9.17, 15) is 14.2 Å². The van der Waals surface area contributed by atoms with Crippen molar-refractivity contribution in [2.45, 2.75) is 53.9 Å². The van der Waals surface area contributed by atoms with E-state index < -0.39 is 20.6 Å². The Kier molecular flexibility index (Phi) is 9.52. The van der Waals surface area contributed by atoms with Crippen LogP contribution in [0.25, 0.3) is 16.8 Å². The number of fused-ring (bicyclic) bond motifs is 1. The summed E-state index contributed by atoms with van der Waals surface area (Å²) in [6.45, 7) is 12.9. The second-order valence-electron chi connectivity index (χ2n) is 8.33. The van der Waals surface area contributed by atoms with Gasteiger partial charge in [-0.05, 0) is 56.2 Å². The van der Waals surface area contributed by atoms with Gasteiger partial charge in [-0.2, -0.15) is 0 Å². The molecular weight excluding hydrogens is 462 g/mol. The van der Waals surface area contributed by atoms with Gasteiger partial charge in [0.2, 0.25) is 0 Å². The van der Waals surface area contributed by atoms with E-state index in [1.807, 2.05) is 51.1 Å². The quantitative estimate of drug-likeness (QED) is 0.318. The van der Waals surface area contributed by atoms with Crippen LogP contribution >= 0.6 is 15.2 Å². The number of phenols is 1. The molecule has 0 aromatic heterocycles. The van der Waals surface area contributed by atoms with Crippen molar-refractivity contribution in [3.05, 3.63) is 46.5 Å². The summed E-state index contributed by atoms with van der Waals surface area (Å²) >= 11 is 0. The highest BCUT2D eigenvalue weighted by molar-refractivity contribution is 7.79. The topological polar surface area (TPSA) is 91.3 Å². The Labute approximate surface area is 197 Å². The third-order valence-corrected chi connectivity index (χ3v) is 10.1. The molecule has 0 heterocycles. The Balaban J connectivity index is 3.00. The summed E-state index contributed by atoms with van der Waals surface area (Å²) in [5.74, 6) is 0.108. The van der Waals surface area contributed by atoms with Gasteiger partial charge in [-0.3, -0.25) is 9.13 Å². The van der Waals surface area contributed by atoms with Crippen LogP contribution in [0.5, 0.6) is 5.75 Å². The first-order valence-electron chi connectivity index (χ1n) is 11.2. The van der Waals surface area contributed by atoms with E-state index in [4.69, 9.17) is 18.1 Å². The van der Waals surface area contributed by atoms with Crippen LogP contribution in [0.2, 0.25) is 0 Å². The van der Waals surface area contributed by atoms with Crippen LogP contribution in [-0.2, 0) is 32.6 Å². The molecule has 7 nitrogen and oxygen atoms in total. The molecule has 0 aliphatic heterocycles. The Morgan fingerprint density at radius 2 is 1.33 bits per heavy atom. The molecule has 0 spiro atoms. The lowest BCUT2D eigenvalue weighted by molar-refractivity contribution is 0.214. The maximum absolute atomic E-state index is 13.9. The molecular formula is C24H36O7P2. The number of benzene rings is 2. The van der Waals surface area contributed by atoms with E-state index in [0.29, 0.717) is 16.5 Å². The van der Waals surface area contributed by atoms with Gasteiger partial charge in [0, 0.05) is 10.9 Å². The lowest BCUT2D eigenvalue weighted by atomic mass is 9.81. The first-order valence-corrected chi connectivity index (χ1v) is 14.3. The van der Waals surface area contributed by atoms with Crippen LogP contribution in [-0.4, -0.2) is 31.5 Å². The summed E-state index contributed by atoms with van der Waals surface area (Å²) in [7, 11) is -8.11. The predicted octanol–water partition coefficient (Wildman–Crippen LogP) is 7.67. The van der Waals surface area contributed by atoms with Crippen molar-refractivity contribution in [3.63, 3.8) is 0 Å². The Morgan fingerprint density at radius 3 is 1.76 bits per heavy atom. The number of phenolic OH excluding ortho intramolecular Hbond substituents is 1. The largest absolute Gasteiger partial charge is 0.507 e. The smallest absolute Gasteiger partial charge is 0.369 e. The van der Waals surface area contributed by atoms with Crippen LogP contribution in [0.15, 0.2) is 35.4 Å². The molecule has 0 saturated carbocycles. The molecule has 1 N–H and O–H groups in total. The predicted molar refractivity (Wildman–Crippen MR) is 134 cm³/mol. The molecule has 33 heavy (non-hydrogen) atoms. The molecule has 0 amide bonds. The number of hydrogen-bond acceptors (Lipinski definition) is 7. The monoisotopic (exact) mass is 498 g/mol. The van der Waals surface area contributed by atoms with Crippen molar-refractivity contribution in [1.29, 1.82) is 0 Å². The van der Waals surface area contributed by atoms with E-state index in [0.717, 1.165) is 5.39 Å². The Bertz CT molecular complexity index is 1030. The van der Waals surface area contributed by atoms with Gasteiger partial charge in [0.1, 0.15) is 5.75 Å². The summed E-state index contributed by atoms with van der Waals surface area (Å²) in [6.07, 6.45) is 1.49. The van der Waals surface area contributed by atoms with Gasteiger partial charge in [0.15, 0.2) is 5.06 Å². The van der Waals surface area contributed by atoms with Gasteiger partial charge in [0.05, 0.1) is 26.4 Å². The van der Waals surface area contributed by atoms with Crippen molar-refractivity contribution in [2.24, 2.45) is 0 Å². The summed E-state index contributed by atoms with van der Waals surface area (Å²) in [5.41, 5.74) is 0.652.